The summed E-state index contributed by atoms with van der Waals surface area (Å²) >= 11 is 5.92. The second-order valence-electron chi connectivity index (χ2n) is 4.38. The first-order valence-corrected chi connectivity index (χ1v) is 6.41. The maximum atomic E-state index is 12.4. The molecule has 6 heteroatoms. The van der Waals surface area contributed by atoms with Gasteiger partial charge >= 0.3 is 0 Å². The molecule has 0 bridgehead atoms. The summed E-state index contributed by atoms with van der Waals surface area (Å²) in [5, 5.41) is 3.04. The zero-order valence-electron chi connectivity index (χ0n) is 10.8. The number of nitrogens with two attached hydrogens (primary N) is 1. The van der Waals surface area contributed by atoms with Gasteiger partial charge in [-0.1, -0.05) is 11.6 Å². The number of H-pyrrole nitrogens is 1. The van der Waals surface area contributed by atoms with Crippen LogP contribution in [0.2, 0.25) is 5.02 Å². The predicted molar refractivity (Wildman–Crippen MR) is 78.0 cm³/mol. The first-order chi connectivity index (χ1) is 9.49. The largest absolute Gasteiger partial charge is 0.359 e. The molecule has 0 spiro atoms. The van der Waals surface area contributed by atoms with Gasteiger partial charge in [0.1, 0.15) is 0 Å². The highest BCUT2D eigenvalue weighted by Crippen LogP contribution is 2.23. The van der Waals surface area contributed by atoms with Crippen LogP contribution in [0.25, 0.3) is 0 Å². The summed E-state index contributed by atoms with van der Waals surface area (Å²) in [4.78, 5) is 26.9. The van der Waals surface area contributed by atoms with Crippen molar-refractivity contribution in [2.75, 3.05) is 5.32 Å². The SMILES string of the molecule is C[C@H](N)C(=O)Nc1ccc(Cl)cc1C(=O)c1ccc[nH]1. The molecule has 0 radical (unpaired) electrons. The first-order valence-electron chi connectivity index (χ1n) is 6.03. The summed E-state index contributed by atoms with van der Waals surface area (Å²) in [5.41, 5.74) is 6.62. The number of hydrogen-bond donors (Lipinski definition) is 3. The second kappa shape index (κ2) is 5.90. The standard InChI is InChI=1S/C14H14ClN3O2/c1-8(16)14(20)18-11-5-4-9(15)7-10(11)13(19)12-3-2-6-17-12/h2-8,17H,16H2,1H3,(H,18,20)/t8-/m0/s1. The minimum Gasteiger partial charge on any atom is -0.359 e. The van der Waals surface area contributed by atoms with E-state index in [1.165, 1.54) is 6.07 Å². The second-order valence-corrected chi connectivity index (χ2v) is 4.82. The molecule has 1 amide bonds. The predicted octanol–water partition coefficient (Wildman–Crippen LogP) is 2.18. The van der Waals surface area contributed by atoms with Crippen molar-refractivity contribution in [1.82, 2.24) is 4.98 Å². The van der Waals surface area contributed by atoms with Gasteiger partial charge in [-0.3, -0.25) is 9.59 Å². The van der Waals surface area contributed by atoms with Crippen molar-refractivity contribution in [3.05, 3.63) is 52.8 Å². The number of amides is 1. The summed E-state index contributed by atoms with van der Waals surface area (Å²) in [6.07, 6.45) is 1.65. The van der Waals surface area contributed by atoms with Gasteiger partial charge < -0.3 is 16.0 Å². The van der Waals surface area contributed by atoms with Crippen LogP contribution in [-0.4, -0.2) is 22.7 Å². The Morgan fingerprint density at radius 3 is 2.70 bits per heavy atom. The minimum atomic E-state index is -0.667. The molecule has 0 unspecified atom stereocenters. The monoisotopic (exact) mass is 291 g/mol. The van der Waals surface area contributed by atoms with Crippen LogP contribution in [0.4, 0.5) is 5.69 Å². The van der Waals surface area contributed by atoms with Crippen molar-refractivity contribution in [2.45, 2.75) is 13.0 Å². The molecule has 0 saturated heterocycles. The lowest BCUT2D eigenvalue weighted by molar-refractivity contribution is -0.117. The van der Waals surface area contributed by atoms with Crippen LogP contribution in [0.15, 0.2) is 36.5 Å². The molecule has 2 rings (SSSR count). The van der Waals surface area contributed by atoms with Gasteiger partial charge in [0.25, 0.3) is 0 Å². The quantitative estimate of drug-likeness (QED) is 0.755. The number of halogens is 1. The Bertz CT molecular complexity index is 636. The van der Waals surface area contributed by atoms with Gasteiger partial charge in [-0.15, -0.1) is 0 Å². The molecule has 1 atom stereocenters. The van der Waals surface area contributed by atoms with Crippen molar-refractivity contribution < 1.29 is 9.59 Å². The van der Waals surface area contributed by atoms with Crippen LogP contribution in [0.3, 0.4) is 0 Å². The molecule has 0 fully saturated rings. The Morgan fingerprint density at radius 2 is 2.10 bits per heavy atom. The molecule has 4 N–H and O–H groups in total. The fourth-order valence-electron chi connectivity index (χ4n) is 1.68. The highest BCUT2D eigenvalue weighted by Gasteiger charge is 2.17. The molecular formula is C14H14ClN3O2. The summed E-state index contributed by atoms with van der Waals surface area (Å²) < 4.78 is 0. The number of benzene rings is 1. The Labute approximate surface area is 121 Å². The number of aromatic nitrogens is 1. The smallest absolute Gasteiger partial charge is 0.241 e. The van der Waals surface area contributed by atoms with Gasteiger partial charge in [0.2, 0.25) is 11.7 Å². The minimum absolute atomic E-state index is 0.252. The van der Waals surface area contributed by atoms with Gasteiger partial charge in [-0.2, -0.15) is 0 Å². The Balaban J connectivity index is 2.38. The van der Waals surface area contributed by atoms with Crippen LogP contribution in [0.1, 0.15) is 23.0 Å². The van der Waals surface area contributed by atoms with Crippen LogP contribution in [0, 0.1) is 0 Å². The molecule has 0 aliphatic rings. The van der Waals surface area contributed by atoms with Crippen LogP contribution in [0.5, 0.6) is 0 Å². The van der Waals surface area contributed by atoms with Crippen molar-refractivity contribution >= 4 is 29.0 Å². The number of carbonyl (C=O) groups excluding carboxylic acids is 2. The molecule has 1 aromatic carbocycles. The molecule has 104 valence electrons. The lowest BCUT2D eigenvalue weighted by Gasteiger charge is -2.12. The van der Waals surface area contributed by atoms with Crippen LogP contribution < -0.4 is 11.1 Å². The number of aromatic amines is 1. The third-order valence-electron chi connectivity index (χ3n) is 2.74. The zero-order valence-corrected chi connectivity index (χ0v) is 11.6. The number of hydrogen-bond acceptors (Lipinski definition) is 3. The lowest BCUT2D eigenvalue weighted by Crippen LogP contribution is -2.33. The molecule has 2 aromatic rings. The van der Waals surface area contributed by atoms with Crippen molar-refractivity contribution in [3.63, 3.8) is 0 Å². The van der Waals surface area contributed by atoms with Crippen molar-refractivity contribution in [3.8, 4) is 0 Å². The topological polar surface area (TPSA) is 88.0 Å². The Morgan fingerprint density at radius 1 is 1.35 bits per heavy atom. The molecule has 1 aromatic heterocycles. The van der Waals surface area contributed by atoms with Crippen LogP contribution in [-0.2, 0) is 4.79 Å². The van der Waals surface area contributed by atoms with Crippen LogP contribution >= 0.6 is 11.6 Å². The Kier molecular flexibility index (Phi) is 4.22. The van der Waals surface area contributed by atoms with Gasteiger partial charge in [-0.25, -0.2) is 0 Å². The number of carbonyl (C=O) groups is 2. The molecule has 0 saturated carbocycles. The highest BCUT2D eigenvalue weighted by atomic mass is 35.5. The summed E-state index contributed by atoms with van der Waals surface area (Å²) in [6.45, 7) is 1.57. The maximum Gasteiger partial charge on any atom is 0.241 e. The van der Waals surface area contributed by atoms with E-state index in [0.717, 1.165) is 0 Å². The average molecular weight is 292 g/mol. The van der Waals surface area contributed by atoms with Gasteiger partial charge in [0, 0.05) is 16.8 Å². The van der Waals surface area contributed by atoms with E-state index < -0.39 is 6.04 Å². The summed E-state index contributed by atoms with van der Waals surface area (Å²) in [6, 6.07) is 7.40. The number of anilines is 1. The lowest BCUT2D eigenvalue weighted by atomic mass is 10.1. The summed E-state index contributed by atoms with van der Waals surface area (Å²) in [5.74, 6) is -0.620. The third kappa shape index (κ3) is 3.07. The highest BCUT2D eigenvalue weighted by molar-refractivity contribution is 6.31. The zero-order chi connectivity index (χ0) is 14.7. The number of nitrogens with one attached hydrogen (secondary N) is 2. The van der Waals surface area contributed by atoms with E-state index in [0.29, 0.717) is 22.0 Å². The summed E-state index contributed by atoms with van der Waals surface area (Å²) in [7, 11) is 0. The van der Waals surface area contributed by atoms with Gasteiger partial charge in [0.05, 0.1) is 17.4 Å². The molecule has 0 aliphatic heterocycles. The molecule has 5 nitrogen and oxygen atoms in total. The fraction of sp³-hybridized carbons (Fsp3) is 0.143. The molecular weight excluding hydrogens is 278 g/mol. The number of rotatable bonds is 4. The van der Waals surface area contributed by atoms with Crippen molar-refractivity contribution in [2.24, 2.45) is 5.73 Å². The third-order valence-corrected chi connectivity index (χ3v) is 2.98. The van der Waals surface area contributed by atoms with Gasteiger partial charge in [0.15, 0.2) is 0 Å². The Hall–Kier alpha value is -2.11. The van der Waals surface area contributed by atoms with E-state index in [9.17, 15) is 9.59 Å². The number of ketones is 1. The average Bonchev–Trinajstić information content (AvgIpc) is 2.93. The van der Waals surface area contributed by atoms with Crippen molar-refractivity contribution in [1.29, 1.82) is 0 Å². The first kappa shape index (κ1) is 14.3. The van der Waals surface area contributed by atoms with E-state index in [2.05, 4.69) is 10.3 Å². The normalized spacial score (nSPS) is 11.9. The van der Waals surface area contributed by atoms with E-state index in [1.54, 1.807) is 37.4 Å². The van der Waals surface area contributed by atoms with Gasteiger partial charge in [-0.05, 0) is 37.3 Å². The fourth-order valence-corrected chi connectivity index (χ4v) is 1.85. The van der Waals surface area contributed by atoms with E-state index in [1.807, 2.05) is 0 Å². The maximum absolute atomic E-state index is 12.4. The van der Waals surface area contributed by atoms with E-state index >= 15 is 0 Å². The van der Waals surface area contributed by atoms with E-state index in [4.69, 9.17) is 17.3 Å². The molecule has 0 aliphatic carbocycles. The van der Waals surface area contributed by atoms with E-state index in [-0.39, 0.29) is 11.7 Å². The molecule has 20 heavy (non-hydrogen) atoms. The molecule has 1 heterocycles.